The number of nitrogens with zero attached hydrogens (tertiary/aromatic N) is 4. The van der Waals surface area contributed by atoms with Gasteiger partial charge in [0.1, 0.15) is 6.33 Å². The van der Waals surface area contributed by atoms with Crippen LogP contribution in [-0.4, -0.2) is 30.9 Å². The van der Waals surface area contributed by atoms with Crippen LogP contribution in [0.25, 0.3) is 11.4 Å². The molecule has 0 aliphatic carbocycles. The monoisotopic (exact) mass is 344 g/mol. The number of amides is 1. The van der Waals surface area contributed by atoms with Gasteiger partial charge in [-0.05, 0) is 11.6 Å². The summed E-state index contributed by atoms with van der Waals surface area (Å²) in [5.41, 5.74) is 2.99. The summed E-state index contributed by atoms with van der Waals surface area (Å²) in [6, 6.07) is 17.3. The molecule has 2 aromatic carbocycles. The van der Waals surface area contributed by atoms with Crippen molar-refractivity contribution in [2.45, 2.75) is 6.54 Å². The Morgan fingerprint density at radius 1 is 1.08 bits per heavy atom. The van der Waals surface area contributed by atoms with Crippen molar-refractivity contribution >= 4 is 11.6 Å². The highest BCUT2D eigenvalue weighted by Gasteiger charge is 2.15. The predicted octanol–water partition coefficient (Wildman–Crippen LogP) is 2.97. The van der Waals surface area contributed by atoms with E-state index in [0.717, 1.165) is 5.56 Å². The van der Waals surface area contributed by atoms with Crippen molar-refractivity contribution in [1.82, 2.24) is 25.0 Å². The first-order chi connectivity index (χ1) is 12.8. The van der Waals surface area contributed by atoms with E-state index in [1.165, 1.54) is 6.33 Å². The molecule has 0 saturated heterocycles. The highest BCUT2D eigenvalue weighted by atomic mass is 16.1. The molecule has 0 bridgehead atoms. The Labute approximate surface area is 149 Å². The maximum Gasteiger partial charge on any atom is 0.256 e. The summed E-state index contributed by atoms with van der Waals surface area (Å²) in [5, 5.41) is 13.8. The van der Waals surface area contributed by atoms with Gasteiger partial charge in [0.2, 0.25) is 0 Å². The molecule has 26 heavy (non-hydrogen) atoms. The zero-order chi connectivity index (χ0) is 17.8. The van der Waals surface area contributed by atoms with Crippen LogP contribution in [0, 0.1) is 0 Å². The Hall–Kier alpha value is -3.74. The minimum atomic E-state index is -0.226. The van der Waals surface area contributed by atoms with E-state index in [0.29, 0.717) is 29.2 Å². The van der Waals surface area contributed by atoms with Crippen LogP contribution in [0.15, 0.2) is 73.3 Å². The van der Waals surface area contributed by atoms with Gasteiger partial charge in [-0.15, -0.1) is 0 Å². The average molecular weight is 344 g/mol. The number of H-pyrrole nitrogens is 1. The minimum Gasteiger partial charge on any atom is -0.319 e. The molecule has 2 heterocycles. The Balaban J connectivity index is 1.51. The van der Waals surface area contributed by atoms with Gasteiger partial charge in [0.05, 0.1) is 24.0 Å². The fourth-order valence-electron chi connectivity index (χ4n) is 2.71. The summed E-state index contributed by atoms with van der Waals surface area (Å²) in [6.07, 6.45) is 4.86. The summed E-state index contributed by atoms with van der Waals surface area (Å²) >= 11 is 0. The van der Waals surface area contributed by atoms with E-state index in [1.807, 2.05) is 54.7 Å². The summed E-state index contributed by atoms with van der Waals surface area (Å²) in [5.74, 6) is 0.326. The van der Waals surface area contributed by atoms with Crippen LogP contribution < -0.4 is 5.32 Å². The Morgan fingerprint density at radius 2 is 1.88 bits per heavy atom. The van der Waals surface area contributed by atoms with Gasteiger partial charge in [-0.25, -0.2) is 4.98 Å². The first-order valence-electron chi connectivity index (χ1n) is 8.12. The second-order valence-electron chi connectivity index (χ2n) is 5.75. The molecule has 0 fully saturated rings. The molecule has 0 radical (unpaired) electrons. The smallest absolute Gasteiger partial charge is 0.256 e. The van der Waals surface area contributed by atoms with E-state index >= 15 is 0 Å². The number of anilines is 1. The molecule has 4 aromatic rings. The molecule has 0 atom stereocenters. The number of benzene rings is 2. The van der Waals surface area contributed by atoms with E-state index in [9.17, 15) is 4.79 Å². The van der Waals surface area contributed by atoms with E-state index < -0.39 is 0 Å². The van der Waals surface area contributed by atoms with Gasteiger partial charge in [-0.3, -0.25) is 14.6 Å². The van der Waals surface area contributed by atoms with Crippen molar-refractivity contribution in [2.75, 3.05) is 5.32 Å². The van der Waals surface area contributed by atoms with Crippen molar-refractivity contribution < 1.29 is 4.79 Å². The molecule has 0 aliphatic rings. The fraction of sp³-hybridized carbons (Fsp3) is 0.0526. The Bertz CT molecular complexity index is 1010. The number of carbonyl (C=O) groups excluding carboxylic acids is 1. The molecular weight excluding hydrogens is 328 g/mol. The number of hydrogen-bond donors (Lipinski definition) is 2. The number of nitrogens with one attached hydrogen (secondary N) is 2. The summed E-state index contributed by atoms with van der Waals surface area (Å²) < 4.78 is 1.79. The number of aromatic nitrogens is 5. The van der Waals surface area contributed by atoms with Crippen molar-refractivity contribution in [3.05, 3.63) is 84.4 Å². The third-order valence-electron chi connectivity index (χ3n) is 3.92. The van der Waals surface area contributed by atoms with E-state index in [-0.39, 0.29) is 5.91 Å². The molecule has 0 aliphatic heterocycles. The van der Waals surface area contributed by atoms with Crippen molar-refractivity contribution in [3.8, 4) is 11.4 Å². The molecule has 0 saturated carbocycles. The molecule has 4 rings (SSSR count). The predicted molar refractivity (Wildman–Crippen MR) is 97.5 cm³/mol. The SMILES string of the molecule is O=C(Nc1cnn(Cc2ccccc2)c1)c1ccccc1-c1ncn[nH]1. The second kappa shape index (κ2) is 7.02. The zero-order valence-electron chi connectivity index (χ0n) is 13.8. The zero-order valence-corrected chi connectivity index (χ0v) is 13.8. The van der Waals surface area contributed by atoms with Gasteiger partial charge in [0.25, 0.3) is 5.91 Å². The van der Waals surface area contributed by atoms with Crippen LogP contribution in [0.1, 0.15) is 15.9 Å². The van der Waals surface area contributed by atoms with Crippen molar-refractivity contribution in [3.63, 3.8) is 0 Å². The topological polar surface area (TPSA) is 88.5 Å². The third-order valence-corrected chi connectivity index (χ3v) is 3.92. The summed E-state index contributed by atoms with van der Waals surface area (Å²) in [6.45, 7) is 0.644. The van der Waals surface area contributed by atoms with Gasteiger partial charge in [0.15, 0.2) is 5.82 Å². The molecule has 0 spiro atoms. The van der Waals surface area contributed by atoms with Crippen LogP contribution >= 0.6 is 0 Å². The lowest BCUT2D eigenvalue weighted by Gasteiger charge is -2.07. The van der Waals surface area contributed by atoms with Gasteiger partial charge in [-0.1, -0.05) is 48.5 Å². The Morgan fingerprint density at radius 3 is 2.69 bits per heavy atom. The largest absolute Gasteiger partial charge is 0.319 e. The number of hydrogen-bond acceptors (Lipinski definition) is 4. The molecule has 7 nitrogen and oxygen atoms in total. The molecule has 7 heteroatoms. The Kier molecular flexibility index (Phi) is 4.26. The van der Waals surface area contributed by atoms with Crippen LogP contribution in [0.3, 0.4) is 0 Å². The fourth-order valence-corrected chi connectivity index (χ4v) is 2.71. The standard InChI is InChI=1S/C19H16N6O/c26-19(17-9-5-4-8-16(17)18-20-13-21-24-18)23-15-10-22-25(12-15)11-14-6-2-1-3-7-14/h1-10,12-13H,11H2,(H,23,26)(H,20,21,24). The van der Waals surface area contributed by atoms with Crippen molar-refractivity contribution in [1.29, 1.82) is 0 Å². The van der Waals surface area contributed by atoms with E-state index in [4.69, 9.17) is 0 Å². The average Bonchev–Trinajstić information content (AvgIpc) is 3.35. The van der Waals surface area contributed by atoms with Gasteiger partial charge >= 0.3 is 0 Å². The minimum absolute atomic E-state index is 0.226. The lowest BCUT2D eigenvalue weighted by atomic mass is 10.1. The number of carbonyl (C=O) groups is 1. The number of aromatic amines is 1. The van der Waals surface area contributed by atoms with E-state index in [1.54, 1.807) is 16.9 Å². The van der Waals surface area contributed by atoms with Gasteiger partial charge < -0.3 is 5.32 Å². The highest BCUT2D eigenvalue weighted by Crippen LogP contribution is 2.20. The molecule has 0 unspecified atom stereocenters. The van der Waals surface area contributed by atoms with Crippen LogP contribution in [0.2, 0.25) is 0 Å². The summed E-state index contributed by atoms with van der Waals surface area (Å²) in [4.78, 5) is 16.8. The first-order valence-corrected chi connectivity index (χ1v) is 8.12. The third kappa shape index (κ3) is 3.36. The first kappa shape index (κ1) is 15.8. The molecule has 1 amide bonds. The highest BCUT2D eigenvalue weighted by molar-refractivity contribution is 6.08. The maximum absolute atomic E-state index is 12.7. The second-order valence-corrected chi connectivity index (χ2v) is 5.75. The van der Waals surface area contributed by atoms with Crippen molar-refractivity contribution in [2.24, 2.45) is 0 Å². The van der Waals surface area contributed by atoms with Gasteiger partial charge in [-0.2, -0.15) is 10.2 Å². The molecule has 128 valence electrons. The van der Waals surface area contributed by atoms with Crippen LogP contribution in [0.5, 0.6) is 0 Å². The van der Waals surface area contributed by atoms with Crippen LogP contribution in [-0.2, 0) is 6.54 Å². The molecule has 2 aromatic heterocycles. The quantitative estimate of drug-likeness (QED) is 0.582. The van der Waals surface area contributed by atoms with Crippen LogP contribution in [0.4, 0.5) is 5.69 Å². The molecular formula is C19H16N6O. The van der Waals surface area contributed by atoms with E-state index in [2.05, 4.69) is 25.6 Å². The maximum atomic E-state index is 12.7. The lowest BCUT2D eigenvalue weighted by Crippen LogP contribution is -2.13. The lowest BCUT2D eigenvalue weighted by molar-refractivity contribution is 0.102. The normalized spacial score (nSPS) is 10.6. The summed E-state index contributed by atoms with van der Waals surface area (Å²) in [7, 11) is 0. The molecule has 2 N–H and O–H groups in total. The number of rotatable bonds is 5. The van der Waals surface area contributed by atoms with Gasteiger partial charge in [0, 0.05) is 11.8 Å².